The van der Waals surface area contributed by atoms with E-state index in [4.69, 9.17) is 16.3 Å². The molecule has 0 saturated heterocycles. The van der Waals surface area contributed by atoms with Gasteiger partial charge in [0, 0.05) is 12.1 Å². The summed E-state index contributed by atoms with van der Waals surface area (Å²) in [6.45, 7) is 0.0570. The first-order valence-electron chi connectivity index (χ1n) is 5.09. The van der Waals surface area contributed by atoms with Gasteiger partial charge in [-0.05, 0) is 6.07 Å². The Morgan fingerprint density at radius 2 is 2.16 bits per heavy atom. The maximum atomic E-state index is 13.3. The third kappa shape index (κ3) is 3.35. The topological polar surface area (TPSA) is 78.2 Å². The third-order valence-corrected chi connectivity index (χ3v) is 2.37. The van der Waals surface area contributed by atoms with Gasteiger partial charge in [0.25, 0.3) is 0 Å². The average molecular weight is 284 g/mol. The fourth-order valence-corrected chi connectivity index (χ4v) is 1.39. The van der Waals surface area contributed by atoms with Crippen molar-refractivity contribution in [2.45, 2.75) is 6.61 Å². The van der Waals surface area contributed by atoms with Gasteiger partial charge < -0.3 is 4.74 Å². The highest BCUT2D eigenvalue weighted by molar-refractivity contribution is 6.29. The van der Waals surface area contributed by atoms with Gasteiger partial charge in [-0.1, -0.05) is 11.6 Å². The molecule has 0 N–H and O–H groups in total. The number of halogens is 2. The SMILES string of the molecule is O=[N+]([O-])c1ccc(OCc2cnc(Cl)cn2)cc1F. The Kier molecular flexibility index (Phi) is 3.86. The molecule has 1 aromatic heterocycles. The standard InChI is InChI=1S/C11H7ClFN3O3/c12-11-5-14-7(4-15-11)6-19-8-1-2-10(16(17)18)9(13)3-8/h1-5H,6H2. The molecule has 0 atom stereocenters. The summed E-state index contributed by atoms with van der Waals surface area (Å²) in [5.41, 5.74) is -0.0956. The zero-order valence-corrected chi connectivity index (χ0v) is 10.2. The number of benzene rings is 1. The van der Waals surface area contributed by atoms with Crippen molar-refractivity contribution in [1.82, 2.24) is 9.97 Å². The van der Waals surface area contributed by atoms with Crippen LogP contribution in [0, 0.1) is 15.9 Å². The van der Waals surface area contributed by atoms with E-state index in [0.29, 0.717) is 5.69 Å². The van der Waals surface area contributed by atoms with E-state index in [9.17, 15) is 14.5 Å². The van der Waals surface area contributed by atoms with Crippen LogP contribution in [0.5, 0.6) is 5.75 Å². The zero-order chi connectivity index (χ0) is 13.8. The van der Waals surface area contributed by atoms with E-state index in [1.165, 1.54) is 18.5 Å². The molecule has 0 saturated carbocycles. The van der Waals surface area contributed by atoms with E-state index in [-0.39, 0.29) is 17.5 Å². The summed E-state index contributed by atoms with van der Waals surface area (Å²) in [5.74, 6) is -0.787. The summed E-state index contributed by atoms with van der Waals surface area (Å²) in [6.07, 6.45) is 2.78. The normalized spacial score (nSPS) is 10.2. The van der Waals surface area contributed by atoms with Gasteiger partial charge in [0.05, 0.1) is 23.0 Å². The molecule has 0 fully saturated rings. The highest BCUT2D eigenvalue weighted by Gasteiger charge is 2.14. The molecule has 0 radical (unpaired) electrons. The predicted octanol–water partition coefficient (Wildman–Crippen LogP) is 2.76. The number of nitrogens with zero attached hydrogens (tertiary/aromatic N) is 3. The summed E-state index contributed by atoms with van der Waals surface area (Å²) in [5, 5.41) is 10.7. The highest BCUT2D eigenvalue weighted by atomic mass is 35.5. The lowest BCUT2D eigenvalue weighted by molar-refractivity contribution is -0.387. The highest BCUT2D eigenvalue weighted by Crippen LogP contribution is 2.22. The van der Waals surface area contributed by atoms with Crippen LogP contribution in [0.3, 0.4) is 0 Å². The molecule has 0 aliphatic heterocycles. The molecule has 19 heavy (non-hydrogen) atoms. The average Bonchev–Trinajstić information content (AvgIpc) is 2.37. The minimum atomic E-state index is -0.954. The number of rotatable bonds is 4. The van der Waals surface area contributed by atoms with E-state index in [0.717, 1.165) is 12.1 Å². The molecule has 0 amide bonds. The fourth-order valence-electron chi connectivity index (χ4n) is 1.30. The Bertz CT molecular complexity index is 607. The monoisotopic (exact) mass is 283 g/mol. The second-order valence-electron chi connectivity index (χ2n) is 3.49. The lowest BCUT2D eigenvalue weighted by Gasteiger charge is -2.05. The Balaban J connectivity index is 2.06. The molecule has 8 heteroatoms. The third-order valence-electron chi connectivity index (χ3n) is 2.18. The summed E-state index contributed by atoms with van der Waals surface area (Å²) in [6, 6.07) is 3.30. The maximum Gasteiger partial charge on any atom is 0.305 e. The van der Waals surface area contributed by atoms with E-state index < -0.39 is 16.4 Å². The quantitative estimate of drug-likeness (QED) is 0.637. The smallest absolute Gasteiger partial charge is 0.305 e. The van der Waals surface area contributed by atoms with Gasteiger partial charge >= 0.3 is 5.69 Å². The molecule has 2 rings (SSSR count). The molecule has 98 valence electrons. The summed E-state index contributed by atoms with van der Waals surface area (Å²) >= 11 is 5.57. The van der Waals surface area contributed by atoms with Gasteiger partial charge in [0.1, 0.15) is 17.5 Å². The second kappa shape index (κ2) is 5.57. The van der Waals surface area contributed by atoms with Crippen molar-refractivity contribution >= 4 is 17.3 Å². The van der Waals surface area contributed by atoms with Crippen molar-refractivity contribution in [1.29, 1.82) is 0 Å². The van der Waals surface area contributed by atoms with Gasteiger partial charge in [-0.2, -0.15) is 4.39 Å². The minimum absolute atomic E-state index is 0.0570. The molecule has 6 nitrogen and oxygen atoms in total. The van der Waals surface area contributed by atoms with Gasteiger partial charge in [-0.3, -0.25) is 15.1 Å². The second-order valence-corrected chi connectivity index (χ2v) is 3.88. The van der Waals surface area contributed by atoms with Crippen LogP contribution in [0.15, 0.2) is 30.6 Å². The van der Waals surface area contributed by atoms with Crippen LogP contribution < -0.4 is 4.74 Å². The molecular weight excluding hydrogens is 277 g/mol. The lowest BCUT2D eigenvalue weighted by atomic mass is 10.3. The maximum absolute atomic E-state index is 13.3. The van der Waals surface area contributed by atoms with Crippen LogP contribution in [0.4, 0.5) is 10.1 Å². The molecule has 0 aliphatic rings. The summed E-state index contributed by atoms with van der Waals surface area (Å²) in [7, 11) is 0. The van der Waals surface area contributed by atoms with Crippen molar-refractivity contribution in [3.8, 4) is 5.75 Å². The van der Waals surface area contributed by atoms with Crippen LogP contribution in [0.2, 0.25) is 5.15 Å². The number of hydrogen-bond donors (Lipinski definition) is 0. The molecule has 1 heterocycles. The molecule has 2 aromatic rings. The van der Waals surface area contributed by atoms with Crippen molar-refractivity contribution in [3.63, 3.8) is 0 Å². The van der Waals surface area contributed by atoms with Gasteiger partial charge in [0.2, 0.25) is 5.82 Å². The van der Waals surface area contributed by atoms with Crippen molar-refractivity contribution < 1.29 is 14.1 Å². The van der Waals surface area contributed by atoms with E-state index in [2.05, 4.69) is 9.97 Å². The Morgan fingerprint density at radius 1 is 1.37 bits per heavy atom. The van der Waals surface area contributed by atoms with Crippen LogP contribution in [-0.4, -0.2) is 14.9 Å². The first-order chi connectivity index (χ1) is 9.06. The molecule has 0 bridgehead atoms. The molecule has 0 aliphatic carbocycles. The van der Waals surface area contributed by atoms with Crippen LogP contribution in [-0.2, 0) is 6.61 Å². The Hall–Kier alpha value is -2.28. The number of aromatic nitrogens is 2. The van der Waals surface area contributed by atoms with Crippen LogP contribution in [0.25, 0.3) is 0 Å². The first kappa shape index (κ1) is 13.2. The number of nitro benzene ring substituents is 1. The molecule has 0 spiro atoms. The number of hydrogen-bond acceptors (Lipinski definition) is 5. The van der Waals surface area contributed by atoms with Gasteiger partial charge in [0.15, 0.2) is 0 Å². The van der Waals surface area contributed by atoms with Crippen LogP contribution >= 0.6 is 11.6 Å². The van der Waals surface area contributed by atoms with Crippen molar-refractivity contribution in [3.05, 3.63) is 57.4 Å². The van der Waals surface area contributed by atoms with Gasteiger partial charge in [-0.15, -0.1) is 0 Å². The van der Waals surface area contributed by atoms with E-state index in [1.807, 2.05) is 0 Å². The van der Waals surface area contributed by atoms with E-state index >= 15 is 0 Å². The first-order valence-corrected chi connectivity index (χ1v) is 5.47. The summed E-state index contributed by atoms with van der Waals surface area (Å²) < 4.78 is 18.6. The fraction of sp³-hybridized carbons (Fsp3) is 0.0909. The Labute approximate surface area is 112 Å². The number of ether oxygens (including phenoxy) is 1. The Morgan fingerprint density at radius 3 is 2.74 bits per heavy atom. The van der Waals surface area contributed by atoms with Crippen molar-refractivity contribution in [2.24, 2.45) is 0 Å². The van der Waals surface area contributed by atoms with Crippen molar-refractivity contribution in [2.75, 3.05) is 0 Å². The number of nitro groups is 1. The molecule has 0 unspecified atom stereocenters. The zero-order valence-electron chi connectivity index (χ0n) is 9.42. The van der Waals surface area contributed by atoms with Gasteiger partial charge in [-0.25, -0.2) is 4.98 Å². The molecular formula is C11H7ClFN3O3. The largest absolute Gasteiger partial charge is 0.487 e. The predicted molar refractivity (Wildman–Crippen MR) is 64.4 cm³/mol. The molecule has 1 aromatic carbocycles. The lowest BCUT2D eigenvalue weighted by Crippen LogP contribution is -2.00. The minimum Gasteiger partial charge on any atom is -0.487 e. The van der Waals surface area contributed by atoms with E-state index in [1.54, 1.807) is 0 Å². The summed E-state index contributed by atoms with van der Waals surface area (Å²) in [4.78, 5) is 17.4. The van der Waals surface area contributed by atoms with Crippen LogP contribution in [0.1, 0.15) is 5.69 Å².